The molecule has 0 saturated carbocycles. The predicted molar refractivity (Wildman–Crippen MR) is 325 cm³/mol. The van der Waals surface area contributed by atoms with Gasteiger partial charge in [0.1, 0.15) is 41.4 Å². The number of aromatic nitrogens is 5. The minimum absolute atomic E-state index is 0.156. The second-order valence-corrected chi connectivity index (χ2v) is 25.2. The highest BCUT2D eigenvalue weighted by molar-refractivity contribution is 14.1. The third-order valence-corrected chi connectivity index (χ3v) is 16.7. The molecule has 2 aliphatic heterocycles. The summed E-state index contributed by atoms with van der Waals surface area (Å²) in [7, 11) is 5.91. The average molecular weight is 1300 g/mol. The van der Waals surface area contributed by atoms with Crippen LogP contribution in [0.15, 0.2) is 70.2 Å². The first-order valence-electron chi connectivity index (χ1n) is 26.1. The van der Waals surface area contributed by atoms with E-state index >= 15 is 0 Å². The molecule has 3 amide bonds. The summed E-state index contributed by atoms with van der Waals surface area (Å²) < 4.78 is 26.6. The number of hydrogen-bond acceptors (Lipinski definition) is 16. The normalized spacial score (nSPS) is 15.7. The number of benzene rings is 2. The number of imidazole rings is 2. The van der Waals surface area contributed by atoms with Crippen molar-refractivity contribution in [1.82, 2.24) is 34.3 Å². The largest absolute Gasteiger partial charge is 0.465 e. The standard InChI is InChI=1S/C28H33ClIN5O5S.C28H32ClN5O5S/c1-28(2,3)40-27(38)31-18-10-8-13-34(16-18)26-32-23(30)21(35(26)15-17-9-6-7-11-19(17)29)24(36)33(4)20-12-14-41-22(20)25(37)39-5;1-28(2,3)39-27(37)30-17-10-8-12-33(14-17)26-31-20-18-15-40-23(25(36)38-5)21(18)32(4)24(35)22(20)34(26)13-16-9-6-7-11-19(16)29/h6-7,9,11-12,14,18H,8,10,13,15-16H2,1-5H3,(H,31,38);6-7,9,11,15,17H,8,10,12-14H2,1-5H3,(H,30,37)/t18-;17-/m11/s1. The Kier molecular flexibility index (Phi) is 19.0. The van der Waals surface area contributed by atoms with E-state index in [1.165, 1.54) is 46.4 Å². The maximum atomic E-state index is 14.0. The number of carbonyl (C=O) groups is 5. The van der Waals surface area contributed by atoms with Crippen molar-refractivity contribution in [3.63, 3.8) is 0 Å². The Morgan fingerprint density at radius 2 is 1.23 bits per heavy atom. The van der Waals surface area contributed by atoms with Gasteiger partial charge in [-0.15, -0.1) is 22.7 Å². The van der Waals surface area contributed by atoms with E-state index in [9.17, 15) is 28.8 Å². The van der Waals surface area contributed by atoms with Crippen LogP contribution in [0.1, 0.15) is 108 Å². The van der Waals surface area contributed by atoms with Crippen molar-refractivity contribution in [2.24, 2.45) is 7.05 Å². The summed E-state index contributed by atoms with van der Waals surface area (Å²) in [6.07, 6.45) is 2.28. The van der Waals surface area contributed by atoms with Gasteiger partial charge in [0.2, 0.25) is 11.9 Å². The zero-order chi connectivity index (χ0) is 58.7. The number of nitrogens with zero attached hydrogens (tertiary/aromatic N) is 8. The van der Waals surface area contributed by atoms with Gasteiger partial charge in [-0.05, 0) is 125 Å². The van der Waals surface area contributed by atoms with Gasteiger partial charge < -0.3 is 58.0 Å². The Balaban J connectivity index is 0.000000212. The molecule has 0 bridgehead atoms. The van der Waals surface area contributed by atoms with Crippen LogP contribution in [0.25, 0.3) is 21.9 Å². The molecule has 432 valence electrons. The average Bonchev–Trinajstić information content (AvgIpc) is 4.43. The molecule has 81 heavy (non-hydrogen) atoms. The molecular formula is C56H65Cl2IN10O10S2. The van der Waals surface area contributed by atoms with Gasteiger partial charge >= 0.3 is 24.1 Å². The third-order valence-electron chi connectivity index (χ3n) is 13.4. The monoisotopic (exact) mass is 1300 g/mol. The molecule has 2 aliphatic rings. The number of methoxy groups -OCH3 is 2. The van der Waals surface area contributed by atoms with E-state index in [1.807, 2.05) is 105 Å². The van der Waals surface area contributed by atoms with Crippen LogP contribution in [0.5, 0.6) is 0 Å². The summed E-state index contributed by atoms with van der Waals surface area (Å²) in [5.74, 6) is -0.144. The number of ether oxygens (including phenoxy) is 4. The van der Waals surface area contributed by atoms with E-state index in [4.69, 9.17) is 52.1 Å². The zero-order valence-corrected chi connectivity index (χ0v) is 52.0. The molecule has 0 spiro atoms. The van der Waals surface area contributed by atoms with Crippen molar-refractivity contribution in [3.8, 4) is 0 Å². The summed E-state index contributed by atoms with van der Waals surface area (Å²) in [5, 5.41) is 11.4. The Hall–Kier alpha value is -6.41. The molecule has 7 heterocycles. The summed E-state index contributed by atoms with van der Waals surface area (Å²) in [6, 6.07) is 16.4. The topological polar surface area (TPSA) is 214 Å². The summed E-state index contributed by atoms with van der Waals surface area (Å²) in [4.78, 5) is 93.8. The van der Waals surface area contributed by atoms with Crippen LogP contribution >= 0.6 is 68.5 Å². The fourth-order valence-electron chi connectivity index (χ4n) is 9.77. The molecule has 25 heteroatoms. The second kappa shape index (κ2) is 25.4. The van der Waals surface area contributed by atoms with Gasteiger partial charge in [0.25, 0.3) is 11.5 Å². The number of thiophene rings is 2. The van der Waals surface area contributed by atoms with Crippen molar-refractivity contribution in [2.75, 3.05) is 62.1 Å². The summed E-state index contributed by atoms with van der Waals surface area (Å²) in [6.45, 7) is 14.0. The fourth-order valence-corrected chi connectivity index (χ4v) is 12.7. The molecular weight excluding hydrogens is 1230 g/mol. The third kappa shape index (κ3) is 13.9. The molecule has 20 nitrogen and oxygen atoms in total. The number of piperidine rings is 2. The highest BCUT2D eigenvalue weighted by atomic mass is 127. The number of hydrogen-bond donors (Lipinski definition) is 2. The number of esters is 2. The van der Waals surface area contributed by atoms with Gasteiger partial charge in [-0.3, -0.25) is 9.59 Å². The van der Waals surface area contributed by atoms with E-state index in [-0.39, 0.29) is 23.6 Å². The fraction of sp³-hybridized carbons (Fsp3) is 0.429. The molecule has 0 unspecified atom stereocenters. The first kappa shape index (κ1) is 60.7. The smallest absolute Gasteiger partial charge is 0.407 e. The molecule has 5 aromatic heterocycles. The Bertz CT molecular complexity index is 3560. The van der Waals surface area contributed by atoms with Crippen LogP contribution in [-0.4, -0.2) is 124 Å². The first-order valence-corrected chi connectivity index (χ1v) is 29.7. The molecule has 2 atom stereocenters. The number of anilines is 3. The number of nitrogens with one attached hydrogen (secondary N) is 2. The number of halogens is 3. The highest BCUT2D eigenvalue weighted by Gasteiger charge is 2.34. The predicted octanol–water partition coefficient (Wildman–Crippen LogP) is 10.7. The Morgan fingerprint density at radius 1 is 0.728 bits per heavy atom. The van der Waals surface area contributed by atoms with Gasteiger partial charge in [-0.2, -0.15) is 0 Å². The van der Waals surface area contributed by atoms with E-state index < -0.39 is 35.3 Å². The molecule has 0 aliphatic carbocycles. The highest BCUT2D eigenvalue weighted by Crippen LogP contribution is 2.36. The zero-order valence-electron chi connectivity index (χ0n) is 46.7. The maximum Gasteiger partial charge on any atom is 0.407 e. The number of carbonyl (C=O) groups excluding carboxylic acids is 5. The van der Waals surface area contributed by atoms with Crippen molar-refractivity contribution in [2.45, 2.75) is 104 Å². The number of rotatable bonds is 12. The molecule has 0 radical (unpaired) electrons. The van der Waals surface area contributed by atoms with Gasteiger partial charge in [-0.25, -0.2) is 29.1 Å². The Morgan fingerprint density at radius 3 is 1.75 bits per heavy atom. The van der Waals surface area contributed by atoms with E-state index in [0.717, 1.165) is 36.8 Å². The number of alkyl carbamates (subject to hydrolysis) is 2. The molecule has 2 N–H and O–H groups in total. The van der Waals surface area contributed by atoms with Crippen LogP contribution in [-0.2, 0) is 39.1 Å². The van der Waals surface area contributed by atoms with Crippen LogP contribution in [0.3, 0.4) is 0 Å². The van der Waals surface area contributed by atoms with Gasteiger partial charge in [0.05, 0.1) is 38.5 Å². The molecule has 7 aromatic rings. The van der Waals surface area contributed by atoms with Crippen molar-refractivity contribution < 1.29 is 42.9 Å². The maximum absolute atomic E-state index is 14.0. The molecule has 2 fully saturated rings. The van der Waals surface area contributed by atoms with E-state index in [0.29, 0.717) is 108 Å². The lowest BCUT2D eigenvalue weighted by Crippen LogP contribution is -2.49. The van der Waals surface area contributed by atoms with Crippen molar-refractivity contribution in [1.29, 1.82) is 0 Å². The van der Waals surface area contributed by atoms with Crippen molar-refractivity contribution in [3.05, 3.63) is 116 Å². The van der Waals surface area contributed by atoms with Crippen LogP contribution in [0.4, 0.5) is 27.2 Å². The van der Waals surface area contributed by atoms with Gasteiger partial charge in [-0.1, -0.05) is 59.6 Å². The number of amides is 3. The minimum Gasteiger partial charge on any atom is -0.465 e. The number of pyridine rings is 1. The van der Waals surface area contributed by atoms with Crippen LogP contribution < -0.4 is 30.9 Å². The van der Waals surface area contributed by atoms with Gasteiger partial charge in [0, 0.05) is 73.2 Å². The van der Waals surface area contributed by atoms with Crippen LogP contribution in [0, 0.1) is 3.70 Å². The second-order valence-electron chi connectivity index (χ2n) is 21.6. The summed E-state index contributed by atoms with van der Waals surface area (Å²) >= 11 is 17.6. The summed E-state index contributed by atoms with van der Waals surface area (Å²) in [5.41, 5.74) is 2.42. The first-order chi connectivity index (χ1) is 38.4. The molecule has 2 saturated heterocycles. The number of fused-ring (bicyclic) bond motifs is 3. The van der Waals surface area contributed by atoms with E-state index in [2.05, 4.69) is 43.0 Å². The lowest BCUT2D eigenvalue weighted by Gasteiger charge is -2.34. The number of aryl methyl sites for hydroxylation is 1. The van der Waals surface area contributed by atoms with Gasteiger partial charge in [0.15, 0.2) is 0 Å². The van der Waals surface area contributed by atoms with Crippen molar-refractivity contribution >= 4 is 138 Å². The SMILES string of the molecule is COC(=O)c1scc2c3nc(N4CCC[C@@H](NC(=O)OC(C)(C)C)C4)n(Cc4ccccc4Cl)c3c(=O)n(C)c12.COC(=O)c1sccc1N(C)C(=O)c1c(I)nc(N2CCC[C@@H](NC(=O)OC(C)(C)C)C2)n1Cc1ccccc1Cl. The Labute approximate surface area is 500 Å². The quantitative estimate of drug-likeness (QED) is 0.0662. The van der Waals surface area contributed by atoms with Crippen LogP contribution in [0.2, 0.25) is 10.0 Å². The molecule has 2 aromatic carbocycles. The lowest BCUT2D eigenvalue weighted by molar-refractivity contribution is 0.0488. The van der Waals surface area contributed by atoms with E-state index in [1.54, 1.807) is 25.5 Å². The molecule has 9 rings (SSSR count). The minimum atomic E-state index is -0.601. The lowest BCUT2D eigenvalue weighted by atomic mass is 10.1.